The number of amides is 4. The quantitative estimate of drug-likeness (QED) is 0.248. The summed E-state index contributed by atoms with van der Waals surface area (Å²) in [6, 6.07) is -0.806. The van der Waals surface area contributed by atoms with E-state index in [4.69, 9.17) is 11.6 Å². The number of hydrogen-bond donors (Lipinski definition) is 4. The third-order valence-electron chi connectivity index (χ3n) is 6.02. The van der Waals surface area contributed by atoms with Gasteiger partial charge in [0, 0.05) is 23.4 Å². The average Bonchev–Trinajstić information content (AvgIpc) is 3.56. The number of benzene rings is 1. The van der Waals surface area contributed by atoms with Gasteiger partial charge in [-0.1, -0.05) is 11.6 Å². The summed E-state index contributed by atoms with van der Waals surface area (Å²) in [5.41, 5.74) is -0.666. The number of carbonyl (C=O) groups excluding carboxylic acids is 5. The molecule has 39 heavy (non-hydrogen) atoms. The van der Waals surface area contributed by atoms with Gasteiger partial charge in [-0.15, -0.1) is 0 Å². The number of Topliss-reactive ketones (excluding diaryl/α,β-unsaturated/α-hetero) is 1. The van der Waals surface area contributed by atoms with Crippen molar-refractivity contribution in [3.8, 4) is 0 Å². The minimum absolute atomic E-state index is 0.0361. The van der Waals surface area contributed by atoms with Gasteiger partial charge >= 0.3 is 12.4 Å². The Hall–Kier alpha value is -3.36. The number of ketones is 1. The van der Waals surface area contributed by atoms with Crippen LogP contribution in [0.5, 0.6) is 0 Å². The maximum absolute atomic E-state index is 13.1. The van der Waals surface area contributed by atoms with E-state index in [1.54, 1.807) is 5.32 Å². The molecule has 1 saturated heterocycles. The first-order valence-corrected chi connectivity index (χ1v) is 12.1. The number of nitrogens with one attached hydrogen (secondary N) is 4. The Morgan fingerprint density at radius 2 is 1.74 bits per heavy atom. The Kier molecular flexibility index (Phi) is 9.13. The van der Waals surface area contributed by atoms with Crippen LogP contribution >= 0.6 is 11.6 Å². The van der Waals surface area contributed by atoms with Crippen molar-refractivity contribution < 1.29 is 50.3 Å². The molecular weight excluding hydrogens is 562 g/mol. The van der Waals surface area contributed by atoms with E-state index >= 15 is 0 Å². The largest absolute Gasteiger partial charge is 0.408 e. The lowest BCUT2D eigenvalue weighted by atomic mass is 9.93. The summed E-state index contributed by atoms with van der Waals surface area (Å²) in [6.07, 6.45) is -11.9. The summed E-state index contributed by atoms with van der Waals surface area (Å²) >= 11 is 5.92. The van der Waals surface area contributed by atoms with Crippen LogP contribution in [0.2, 0.25) is 5.02 Å². The van der Waals surface area contributed by atoms with Gasteiger partial charge in [0.05, 0.1) is 23.7 Å². The van der Waals surface area contributed by atoms with E-state index in [0.29, 0.717) is 12.8 Å². The molecule has 214 valence electrons. The van der Waals surface area contributed by atoms with E-state index in [2.05, 4.69) is 16.0 Å². The van der Waals surface area contributed by atoms with Crippen molar-refractivity contribution in [1.29, 1.82) is 0 Å². The molecule has 1 aliphatic carbocycles. The van der Waals surface area contributed by atoms with Gasteiger partial charge in [-0.3, -0.25) is 24.0 Å². The number of alkyl halides is 6. The Labute approximate surface area is 222 Å². The highest BCUT2D eigenvalue weighted by Gasteiger charge is 2.49. The average molecular weight is 585 g/mol. The number of halogens is 7. The van der Waals surface area contributed by atoms with Crippen LogP contribution in [-0.4, -0.2) is 59.9 Å². The second-order valence-corrected chi connectivity index (χ2v) is 9.70. The van der Waals surface area contributed by atoms with E-state index in [1.807, 2.05) is 0 Å². The minimum atomic E-state index is -4.75. The summed E-state index contributed by atoms with van der Waals surface area (Å²) in [6.45, 7) is 0. The predicted molar refractivity (Wildman–Crippen MR) is 124 cm³/mol. The molecule has 1 aromatic rings. The Bertz CT molecular complexity index is 1150. The topological polar surface area (TPSA) is 133 Å². The summed E-state index contributed by atoms with van der Waals surface area (Å²) in [5.74, 6) is -6.92. The number of hydrogen-bond acceptors (Lipinski definition) is 5. The lowest BCUT2D eigenvalue weighted by molar-refractivity contribution is -0.155. The highest BCUT2D eigenvalue weighted by atomic mass is 35.5. The van der Waals surface area contributed by atoms with Gasteiger partial charge in [-0.05, 0) is 43.9 Å². The van der Waals surface area contributed by atoms with Crippen LogP contribution in [0, 0.1) is 5.92 Å². The molecule has 2 fully saturated rings. The molecular formula is C23H23ClF6N4O5. The molecule has 1 heterocycles. The second-order valence-electron chi connectivity index (χ2n) is 9.26. The van der Waals surface area contributed by atoms with Crippen LogP contribution in [0.1, 0.15) is 48.9 Å². The van der Waals surface area contributed by atoms with Gasteiger partial charge in [-0.2, -0.15) is 26.3 Å². The molecule has 0 aromatic heterocycles. The van der Waals surface area contributed by atoms with Crippen molar-refractivity contribution in [1.82, 2.24) is 16.0 Å². The first-order valence-electron chi connectivity index (χ1n) is 11.7. The Morgan fingerprint density at radius 3 is 2.31 bits per heavy atom. The monoisotopic (exact) mass is 584 g/mol. The van der Waals surface area contributed by atoms with Crippen LogP contribution in [0.25, 0.3) is 0 Å². The van der Waals surface area contributed by atoms with Gasteiger partial charge < -0.3 is 21.3 Å². The number of anilines is 1. The molecule has 4 N–H and O–H groups in total. The first kappa shape index (κ1) is 30.2. The summed E-state index contributed by atoms with van der Waals surface area (Å²) in [4.78, 5) is 62.5. The van der Waals surface area contributed by atoms with Crippen molar-refractivity contribution >= 4 is 46.7 Å². The van der Waals surface area contributed by atoms with E-state index in [1.165, 1.54) is 6.07 Å². The highest BCUT2D eigenvalue weighted by Crippen LogP contribution is 2.32. The number of rotatable bonds is 10. The normalized spacial score (nSPS) is 20.1. The predicted octanol–water partition coefficient (Wildman–Crippen LogP) is 3.02. The first-order chi connectivity index (χ1) is 18.0. The van der Waals surface area contributed by atoms with Crippen LogP contribution in [0.3, 0.4) is 0 Å². The van der Waals surface area contributed by atoms with Crippen LogP contribution < -0.4 is 21.3 Å². The fraction of sp³-hybridized carbons (Fsp3) is 0.522. The van der Waals surface area contributed by atoms with Gasteiger partial charge in [0.25, 0.3) is 11.8 Å². The van der Waals surface area contributed by atoms with Crippen LogP contribution in [0.15, 0.2) is 18.2 Å². The van der Waals surface area contributed by atoms with Gasteiger partial charge in [0.15, 0.2) is 0 Å². The highest BCUT2D eigenvalue weighted by molar-refractivity contribution is 6.38. The second kappa shape index (κ2) is 11.8. The van der Waals surface area contributed by atoms with Crippen molar-refractivity contribution in [3.63, 3.8) is 0 Å². The van der Waals surface area contributed by atoms with Gasteiger partial charge in [0.2, 0.25) is 17.6 Å². The molecule has 1 aliphatic heterocycles. The molecule has 1 unspecified atom stereocenters. The molecule has 9 nitrogen and oxygen atoms in total. The molecule has 1 saturated carbocycles. The summed E-state index contributed by atoms with van der Waals surface area (Å²) in [5, 5.41) is 8.48. The lowest BCUT2D eigenvalue weighted by Gasteiger charge is -2.21. The summed E-state index contributed by atoms with van der Waals surface area (Å²) in [7, 11) is 0. The van der Waals surface area contributed by atoms with E-state index < -0.39 is 91.0 Å². The Balaban J connectivity index is 1.80. The molecule has 0 radical (unpaired) electrons. The van der Waals surface area contributed by atoms with Crippen molar-refractivity contribution in [2.75, 3.05) is 5.32 Å². The van der Waals surface area contributed by atoms with Crippen LogP contribution in [-0.2, 0) is 19.2 Å². The summed E-state index contributed by atoms with van der Waals surface area (Å²) < 4.78 is 76.6. The van der Waals surface area contributed by atoms with E-state index in [0.717, 1.165) is 12.1 Å². The van der Waals surface area contributed by atoms with Crippen molar-refractivity contribution in [3.05, 3.63) is 28.8 Å². The zero-order valence-corrected chi connectivity index (χ0v) is 20.7. The zero-order valence-electron chi connectivity index (χ0n) is 20.0. The van der Waals surface area contributed by atoms with Crippen LogP contribution in [0.4, 0.5) is 32.0 Å². The van der Waals surface area contributed by atoms with E-state index in [9.17, 15) is 50.3 Å². The molecule has 2 aliphatic rings. The molecule has 3 rings (SSSR count). The fourth-order valence-electron chi connectivity index (χ4n) is 3.83. The molecule has 4 amide bonds. The zero-order chi connectivity index (χ0) is 29.1. The third kappa shape index (κ3) is 8.83. The third-order valence-corrected chi connectivity index (χ3v) is 6.25. The molecule has 0 bridgehead atoms. The molecule has 1 aromatic carbocycles. The molecule has 16 heteroatoms. The molecule has 3 atom stereocenters. The standard InChI is InChI=1S/C23H23ClF6N4O5/c24-11-1-4-14(32-17(35)5-6-22(25,26)27)13(9-11)20(38)33-15(18(36)21(39)31-12-2-3-12)7-10-8-16(23(28,29)30)34-19(10)37/h1,4,9-10,12,15-16H,2-3,5-8H2,(H,31,39)(H,32,35)(H,33,38)(H,34,37)/t10-,15?,16+/m1/s1. The molecule has 0 spiro atoms. The SMILES string of the molecule is O=C(CCC(F)(F)F)Nc1ccc(Cl)cc1C(=O)NC(C[C@@H]1C[C@@H](C(F)(F)F)NC1=O)C(=O)C(=O)NC1CC1. The van der Waals surface area contributed by atoms with E-state index in [-0.39, 0.29) is 16.8 Å². The smallest absolute Gasteiger partial charge is 0.347 e. The maximum Gasteiger partial charge on any atom is 0.408 e. The fourth-order valence-corrected chi connectivity index (χ4v) is 4.01. The maximum atomic E-state index is 13.1. The number of carbonyl (C=O) groups is 5. The minimum Gasteiger partial charge on any atom is -0.347 e. The van der Waals surface area contributed by atoms with Gasteiger partial charge in [-0.25, -0.2) is 0 Å². The van der Waals surface area contributed by atoms with Crippen molar-refractivity contribution in [2.24, 2.45) is 5.92 Å². The van der Waals surface area contributed by atoms with Gasteiger partial charge in [0.1, 0.15) is 6.04 Å². The van der Waals surface area contributed by atoms with Crippen molar-refractivity contribution in [2.45, 2.75) is 69.0 Å². The Morgan fingerprint density at radius 1 is 1.08 bits per heavy atom. The lowest BCUT2D eigenvalue weighted by Crippen LogP contribution is -2.49.